The van der Waals surface area contributed by atoms with Crippen LogP contribution in [-0.4, -0.2) is 47.9 Å². The van der Waals surface area contributed by atoms with Crippen molar-refractivity contribution in [2.75, 3.05) is 31.5 Å². The highest BCUT2D eigenvalue weighted by Crippen LogP contribution is 2.21. The third-order valence-corrected chi connectivity index (χ3v) is 4.53. The van der Waals surface area contributed by atoms with E-state index in [2.05, 4.69) is 5.32 Å². The van der Waals surface area contributed by atoms with Crippen LogP contribution in [0.15, 0.2) is 24.3 Å². The van der Waals surface area contributed by atoms with E-state index in [1.54, 1.807) is 24.3 Å². The lowest BCUT2D eigenvalue weighted by molar-refractivity contribution is -0.121. The van der Waals surface area contributed by atoms with Gasteiger partial charge in [-0.25, -0.2) is 4.79 Å². The van der Waals surface area contributed by atoms with E-state index in [0.29, 0.717) is 44.0 Å². The van der Waals surface area contributed by atoms with Crippen LogP contribution in [0.5, 0.6) is 0 Å². The fraction of sp³-hybridized carbons (Fsp3) is 0.529. The predicted molar refractivity (Wildman–Crippen MR) is 92.7 cm³/mol. The first-order valence-electron chi connectivity index (χ1n) is 8.15. The molecule has 1 aliphatic rings. The summed E-state index contributed by atoms with van der Waals surface area (Å²) in [6.45, 7) is 6.65. The van der Waals surface area contributed by atoms with Gasteiger partial charge in [0.25, 0.3) is 0 Å². The van der Waals surface area contributed by atoms with Gasteiger partial charge in [-0.2, -0.15) is 0 Å². The normalized spacial score (nSPS) is 15.3. The van der Waals surface area contributed by atoms with Crippen LogP contribution in [-0.2, 0) is 4.79 Å². The molecule has 0 unspecified atom stereocenters. The van der Waals surface area contributed by atoms with Crippen molar-refractivity contribution in [1.82, 2.24) is 9.80 Å². The second-order valence-corrected chi connectivity index (χ2v) is 6.15. The van der Waals surface area contributed by atoms with E-state index in [1.807, 2.05) is 23.6 Å². The average molecular weight is 338 g/mol. The van der Waals surface area contributed by atoms with Crippen LogP contribution in [0.3, 0.4) is 0 Å². The maximum atomic E-state index is 12.3. The fourth-order valence-electron chi connectivity index (χ4n) is 2.80. The van der Waals surface area contributed by atoms with Crippen LogP contribution in [0.1, 0.15) is 26.7 Å². The van der Waals surface area contributed by atoms with Crippen molar-refractivity contribution < 1.29 is 9.59 Å². The van der Waals surface area contributed by atoms with Gasteiger partial charge in [0.15, 0.2) is 0 Å². The predicted octanol–water partition coefficient (Wildman–Crippen LogP) is 3.45. The quantitative estimate of drug-likeness (QED) is 0.914. The highest BCUT2D eigenvalue weighted by molar-refractivity contribution is 6.30. The number of nitrogens with one attached hydrogen (secondary N) is 1. The van der Waals surface area contributed by atoms with Crippen molar-refractivity contribution in [2.24, 2.45) is 5.92 Å². The number of carbonyl (C=O) groups is 2. The van der Waals surface area contributed by atoms with Crippen molar-refractivity contribution in [1.29, 1.82) is 0 Å². The van der Waals surface area contributed by atoms with Crippen LogP contribution >= 0.6 is 11.6 Å². The Hall–Kier alpha value is -1.75. The molecule has 5 nitrogen and oxygen atoms in total. The first-order valence-corrected chi connectivity index (χ1v) is 8.53. The smallest absolute Gasteiger partial charge is 0.319 e. The Morgan fingerprint density at radius 1 is 1.17 bits per heavy atom. The molecule has 2 rings (SSSR count). The highest BCUT2D eigenvalue weighted by atomic mass is 35.5. The lowest BCUT2D eigenvalue weighted by Crippen LogP contribution is -2.47. The molecule has 1 fully saturated rings. The SMILES string of the molecule is CCN(CC)C(=O)N1CCC(C(=O)Nc2ccc(Cl)cc2)CC1. The molecule has 0 saturated carbocycles. The van der Waals surface area contributed by atoms with Gasteiger partial charge in [-0.3, -0.25) is 4.79 Å². The van der Waals surface area contributed by atoms with Crippen molar-refractivity contribution in [3.05, 3.63) is 29.3 Å². The molecule has 0 spiro atoms. The summed E-state index contributed by atoms with van der Waals surface area (Å²) in [6.07, 6.45) is 1.40. The number of likely N-dealkylation sites (tertiary alicyclic amines) is 1. The number of piperidine rings is 1. The van der Waals surface area contributed by atoms with Gasteiger partial charge in [0.2, 0.25) is 5.91 Å². The average Bonchev–Trinajstić information content (AvgIpc) is 2.58. The van der Waals surface area contributed by atoms with Gasteiger partial charge < -0.3 is 15.1 Å². The largest absolute Gasteiger partial charge is 0.326 e. The molecular formula is C17H24ClN3O2. The Balaban J connectivity index is 1.85. The second-order valence-electron chi connectivity index (χ2n) is 5.71. The number of urea groups is 1. The van der Waals surface area contributed by atoms with E-state index in [-0.39, 0.29) is 17.9 Å². The molecule has 23 heavy (non-hydrogen) atoms. The van der Waals surface area contributed by atoms with Crippen molar-refractivity contribution in [3.8, 4) is 0 Å². The second kappa shape index (κ2) is 8.20. The zero-order chi connectivity index (χ0) is 16.8. The van der Waals surface area contributed by atoms with Gasteiger partial charge in [-0.1, -0.05) is 11.6 Å². The third-order valence-electron chi connectivity index (χ3n) is 4.28. The summed E-state index contributed by atoms with van der Waals surface area (Å²) in [7, 11) is 0. The van der Waals surface area contributed by atoms with E-state index in [9.17, 15) is 9.59 Å². The van der Waals surface area contributed by atoms with E-state index >= 15 is 0 Å². The number of rotatable bonds is 4. The molecule has 0 bridgehead atoms. The molecule has 1 heterocycles. The van der Waals surface area contributed by atoms with Gasteiger partial charge in [-0.15, -0.1) is 0 Å². The molecule has 0 aliphatic carbocycles. The molecule has 3 amide bonds. The molecule has 1 saturated heterocycles. The number of benzene rings is 1. The van der Waals surface area contributed by atoms with Gasteiger partial charge in [0.05, 0.1) is 0 Å². The first kappa shape index (κ1) is 17.6. The van der Waals surface area contributed by atoms with Gasteiger partial charge in [0, 0.05) is 42.8 Å². The number of halogens is 1. The van der Waals surface area contributed by atoms with Gasteiger partial charge >= 0.3 is 6.03 Å². The number of amides is 3. The summed E-state index contributed by atoms with van der Waals surface area (Å²) in [5.74, 6) is -0.0336. The maximum absolute atomic E-state index is 12.3. The zero-order valence-corrected chi connectivity index (χ0v) is 14.5. The molecule has 0 aromatic heterocycles. The summed E-state index contributed by atoms with van der Waals surface area (Å²) in [5.41, 5.74) is 0.751. The number of hydrogen-bond acceptors (Lipinski definition) is 2. The minimum Gasteiger partial charge on any atom is -0.326 e. The van der Waals surface area contributed by atoms with Crippen molar-refractivity contribution in [3.63, 3.8) is 0 Å². The molecule has 1 aromatic rings. The van der Waals surface area contributed by atoms with Crippen LogP contribution in [0.4, 0.5) is 10.5 Å². The molecule has 1 aliphatic heterocycles. The number of hydrogen-bond donors (Lipinski definition) is 1. The molecule has 126 valence electrons. The van der Waals surface area contributed by atoms with Crippen LogP contribution in [0.2, 0.25) is 5.02 Å². The van der Waals surface area contributed by atoms with E-state index in [0.717, 1.165) is 5.69 Å². The van der Waals surface area contributed by atoms with Gasteiger partial charge in [-0.05, 0) is 51.0 Å². The number of anilines is 1. The molecule has 1 N–H and O–H groups in total. The lowest BCUT2D eigenvalue weighted by Gasteiger charge is -2.34. The molecule has 0 atom stereocenters. The summed E-state index contributed by atoms with van der Waals surface area (Å²) in [6, 6.07) is 7.16. The monoisotopic (exact) mass is 337 g/mol. The fourth-order valence-corrected chi connectivity index (χ4v) is 2.93. The number of carbonyl (C=O) groups excluding carboxylic acids is 2. The highest BCUT2D eigenvalue weighted by Gasteiger charge is 2.28. The zero-order valence-electron chi connectivity index (χ0n) is 13.7. The standard InChI is InChI=1S/C17H24ClN3O2/c1-3-20(4-2)17(23)21-11-9-13(10-12-21)16(22)19-15-7-5-14(18)6-8-15/h5-8,13H,3-4,9-12H2,1-2H3,(H,19,22). The summed E-state index contributed by atoms with van der Waals surface area (Å²) in [4.78, 5) is 28.3. The topological polar surface area (TPSA) is 52.7 Å². The summed E-state index contributed by atoms with van der Waals surface area (Å²) in [5, 5.41) is 3.56. The minimum absolute atomic E-state index is 0.0160. The Labute approximate surface area is 142 Å². The van der Waals surface area contributed by atoms with E-state index in [4.69, 9.17) is 11.6 Å². The number of nitrogens with zero attached hydrogens (tertiary/aromatic N) is 2. The van der Waals surface area contributed by atoms with Crippen LogP contribution in [0.25, 0.3) is 0 Å². The summed E-state index contributed by atoms with van der Waals surface area (Å²) < 4.78 is 0. The van der Waals surface area contributed by atoms with Crippen LogP contribution in [0, 0.1) is 5.92 Å². The Kier molecular flexibility index (Phi) is 6.28. The minimum atomic E-state index is -0.0496. The first-order chi connectivity index (χ1) is 11.0. The molecular weight excluding hydrogens is 314 g/mol. The maximum Gasteiger partial charge on any atom is 0.319 e. The molecule has 1 aromatic carbocycles. The van der Waals surface area contributed by atoms with Gasteiger partial charge in [0.1, 0.15) is 0 Å². The van der Waals surface area contributed by atoms with Crippen LogP contribution < -0.4 is 5.32 Å². The Morgan fingerprint density at radius 3 is 2.26 bits per heavy atom. The van der Waals surface area contributed by atoms with E-state index < -0.39 is 0 Å². The lowest BCUT2D eigenvalue weighted by atomic mass is 9.96. The molecule has 6 heteroatoms. The van der Waals surface area contributed by atoms with Crippen molar-refractivity contribution >= 4 is 29.2 Å². The Bertz CT molecular complexity index is 535. The molecule has 0 radical (unpaired) electrons. The van der Waals surface area contributed by atoms with E-state index in [1.165, 1.54) is 0 Å². The Morgan fingerprint density at radius 2 is 1.74 bits per heavy atom. The third kappa shape index (κ3) is 4.61. The van der Waals surface area contributed by atoms with Crippen molar-refractivity contribution in [2.45, 2.75) is 26.7 Å². The summed E-state index contributed by atoms with van der Waals surface area (Å²) >= 11 is 5.84.